The maximum Gasteiger partial charge on any atom is 0.0991 e. The first-order valence-electron chi connectivity index (χ1n) is 8.18. The standard InChI is InChI=1S/C18H28NO2/c1-18-9-8-16(10-17(21)11-18)19(18,2)12-15(13-20)14-6-4-3-5-7-14/h3-7,15-17,20-21H,8-13H2,1-2H3/q+1. The molecule has 3 heteroatoms. The molecular weight excluding hydrogens is 262 g/mol. The first-order chi connectivity index (χ1) is 9.98. The molecular formula is C18H28NO2+. The lowest BCUT2D eigenvalue weighted by Crippen LogP contribution is -2.66. The molecule has 2 N–H and O–H groups in total. The van der Waals surface area contributed by atoms with Crippen LogP contribution >= 0.6 is 0 Å². The van der Waals surface area contributed by atoms with Crippen molar-refractivity contribution in [3.05, 3.63) is 35.9 Å². The van der Waals surface area contributed by atoms with Crippen LogP contribution in [0.25, 0.3) is 0 Å². The highest BCUT2D eigenvalue weighted by Crippen LogP contribution is 2.50. The largest absolute Gasteiger partial charge is 0.396 e. The van der Waals surface area contributed by atoms with Gasteiger partial charge in [0.05, 0.1) is 43.8 Å². The fraction of sp³-hybridized carbons (Fsp3) is 0.667. The summed E-state index contributed by atoms with van der Waals surface area (Å²) in [6.07, 6.45) is 4.07. The zero-order chi connectivity index (χ0) is 15.1. The second-order valence-electron chi connectivity index (χ2n) is 7.52. The van der Waals surface area contributed by atoms with Crippen molar-refractivity contribution in [2.45, 2.75) is 56.2 Å². The van der Waals surface area contributed by atoms with Gasteiger partial charge in [-0.2, -0.15) is 0 Å². The minimum atomic E-state index is -0.141. The van der Waals surface area contributed by atoms with Gasteiger partial charge >= 0.3 is 0 Å². The number of rotatable bonds is 4. The van der Waals surface area contributed by atoms with Gasteiger partial charge in [0.2, 0.25) is 0 Å². The van der Waals surface area contributed by atoms with E-state index in [1.54, 1.807) is 0 Å². The molecule has 0 aromatic heterocycles. The van der Waals surface area contributed by atoms with E-state index in [-0.39, 0.29) is 24.2 Å². The average molecular weight is 290 g/mol. The Balaban J connectivity index is 1.86. The summed E-state index contributed by atoms with van der Waals surface area (Å²) in [6.45, 7) is 3.49. The molecule has 2 fully saturated rings. The number of aliphatic hydroxyl groups excluding tert-OH is 2. The number of hydrogen-bond acceptors (Lipinski definition) is 2. The van der Waals surface area contributed by atoms with Crippen LogP contribution in [0.2, 0.25) is 0 Å². The highest BCUT2D eigenvalue weighted by molar-refractivity contribution is 5.19. The molecule has 2 saturated heterocycles. The van der Waals surface area contributed by atoms with Gasteiger partial charge in [0.15, 0.2) is 0 Å². The summed E-state index contributed by atoms with van der Waals surface area (Å²) in [5.74, 6) is 0.186. The Morgan fingerprint density at radius 1 is 1.33 bits per heavy atom. The maximum atomic E-state index is 10.1. The zero-order valence-electron chi connectivity index (χ0n) is 13.2. The van der Waals surface area contributed by atoms with Gasteiger partial charge in [-0.25, -0.2) is 0 Å². The summed E-state index contributed by atoms with van der Waals surface area (Å²) in [5.41, 5.74) is 1.39. The first kappa shape index (κ1) is 15.0. The molecule has 0 radical (unpaired) electrons. The van der Waals surface area contributed by atoms with E-state index in [0.717, 1.165) is 23.9 Å². The van der Waals surface area contributed by atoms with Crippen molar-refractivity contribution < 1.29 is 14.7 Å². The van der Waals surface area contributed by atoms with Crippen LogP contribution in [0.3, 0.4) is 0 Å². The van der Waals surface area contributed by atoms with Crippen molar-refractivity contribution >= 4 is 0 Å². The molecule has 2 aliphatic heterocycles. The van der Waals surface area contributed by atoms with Crippen LogP contribution in [-0.4, -0.2) is 52.6 Å². The molecule has 21 heavy (non-hydrogen) atoms. The van der Waals surface area contributed by atoms with E-state index in [1.807, 2.05) is 18.2 Å². The molecule has 5 atom stereocenters. The molecule has 3 nitrogen and oxygen atoms in total. The lowest BCUT2D eigenvalue weighted by atomic mass is 9.84. The number of quaternary nitrogens is 1. The van der Waals surface area contributed by atoms with Gasteiger partial charge in [0, 0.05) is 25.7 Å². The van der Waals surface area contributed by atoms with Crippen molar-refractivity contribution in [3.63, 3.8) is 0 Å². The van der Waals surface area contributed by atoms with Crippen LogP contribution in [0.1, 0.15) is 44.1 Å². The van der Waals surface area contributed by atoms with E-state index in [9.17, 15) is 10.2 Å². The third kappa shape index (κ3) is 2.41. The summed E-state index contributed by atoms with van der Waals surface area (Å²) in [6, 6.07) is 10.9. The van der Waals surface area contributed by atoms with Crippen LogP contribution in [0.15, 0.2) is 30.3 Å². The first-order valence-corrected chi connectivity index (χ1v) is 8.18. The molecule has 2 aliphatic rings. The Morgan fingerprint density at radius 3 is 2.67 bits per heavy atom. The highest BCUT2D eigenvalue weighted by Gasteiger charge is 2.59. The lowest BCUT2D eigenvalue weighted by molar-refractivity contribution is -0.973. The highest BCUT2D eigenvalue weighted by atomic mass is 16.3. The Labute approximate surface area is 127 Å². The number of aliphatic hydroxyl groups is 2. The minimum Gasteiger partial charge on any atom is -0.396 e. The average Bonchev–Trinajstić information content (AvgIpc) is 2.62. The molecule has 3 rings (SSSR count). The summed E-state index contributed by atoms with van der Waals surface area (Å²) >= 11 is 0. The zero-order valence-corrected chi connectivity index (χ0v) is 13.2. The Hall–Kier alpha value is -0.900. The monoisotopic (exact) mass is 290 g/mol. The van der Waals surface area contributed by atoms with Crippen LogP contribution in [0.5, 0.6) is 0 Å². The molecule has 116 valence electrons. The third-order valence-electron chi connectivity index (χ3n) is 6.37. The number of piperidine rings is 1. The summed E-state index contributed by atoms with van der Waals surface area (Å²) < 4.78 is 1.00. The summed E-state index contributed by atoms with van der Waals surface area (Å²) in [7, 11) is 2.34. The van der Waals surface area contributed by atoms with Crippen LogP contribution in [0.4, 0.5) is 0 Å². The van der Waals surface area contributed by atoms with E-state index in [4.69, 9.17) is 0 Å². The maximum absolute atomic E-state index is 10.1. The molecule has 0 amide bonds. The second kappa shape index (κ2) is 5.38. The quantitative estimate of drug-likeness (QED) is 0.835. The number of likely N-dealkylation sites (N-methyl/N-ethyl adjacent to an activating group) is 1. The molecule has 1 aromatic rings. The van der Waals surface area contributed by atoms with Gasteiger partial charge in [-0.1, -0.05) is 30.3 Å². The van der Waals surface area contributed by atoms with E-state index >= 15 is 0 Å². The van der Waals surface area contributed by atoms with Crippen LogP contribution in [-0.2, 0) is 0 Å². The van der Waals surface area contributed by atoms with Crippen LogP contribution < -0.4 is 0 Å². The van der Waals surface area contributed by atoms with Crippen molar-refractivity contribution in [1.29, 1.82) is 0 Å². The van der Waals surface area contributed by atoms with E-state index < -0.39 is 0 Å². The lowest BCUT2D eigenvalue weighted by Gasteiger charge is -2.53. The topological polar surface area (TPSA) is 40.5 Å². The Kier molecular flexibility index (Phi) is 3.85. The molecule has 1 aromatic carbocycles. The van der Waals surface area contributed by atoms with Gasteiger partial charge in [0.1, 0.15) is 0 Å². The molecule has 5 unspecified atom stereocenters. The number of benzene rings is 1. The van der Waals surface area contributed by atoms with Gasteiger partial charge < -0.3 is 14.7 Å². The number of nitrogens with zero attached hydrogens (tertiary/aromatic N) is 1. The molecule has 2 heterocycles. The fourth-order valence-corrected chi connectivity index (χ4v) is 4.85. The number of hydrogen-bond donors (Lipinski definition) is 2. The van der Waals surface area contributed by atoms with Crippen molar-refractivity contribution in [3.8, 4) is 0 Å². The van der Waals surface area contributed by atoms with Gasteiger partial charge in [-0.15, -0.1) is 0 Å². The summed E-state index contributed by atoms with van der Waals surface area (Å²) in [5, 5.41) is 20.0. The van der Waals surface area contributed by atoms with Gasteiger partial charge in [0.25, 0.3) is 0 Å². The van der Waals surface area contributed by atoms with E-state index in [1.165, 1.54) is 18.4 Å². The normalized spacial score (nSPS) is 40.2. The third-order valence-corrected chi connectivity index (χ3v) is 6.37. The predicted molar refractivity (Wildman–Crippen MR) is 84.0 cm³/mol. The fourth-order valence-electron chi connectivity index (χ4n) is 4.85. The van der Waals surface area contributed by atoms with Crippen molar-refractivity contribution in [2.75, 3.05) is 20.2 Å². The smallest absolute Gasteiger partial charge is 0.0991 e. The second-order valence-corrected chi connectivity index (χ2v) is 7.52. The van der Waals surface area contributed by atoms with E-state index in [2.05, 4.69) is 26.1 Å². The van der Waals surface area contributed by atoms with Gasteiger partial charge in [-0.3, -0.25) is 0 Å². The Morgan fingerprint density at radius 2 is 2.05 bits per heavy atom. The van der Waals surface area contributed by atoms with Crippen molar-refractivity contribution in [2.24, 2.45) is 0 Å². The molecule has 0 saturated carbocycles. The minimum absolute atomic E-state index is 0.141. The Bertz CT molecular complexity index is 491. The molecule has 2 bridgehead atoms. The predicted octanol–water partition coefficient (Wildman–Crippen LogP) is 2.28. The summed E-state index contributed by atoms with van der Waals surface area (Å²) in [4.78, 5) is 0. The van der Waals surface area contributed by atoms with Crippen molar-refractivity contribution in [1.82, 2.24) is 0 Å². The van der Waals surface area contributed by atoms with E-state index in [0.29, 0.717) is 6.04 Å². The van der Waals surface area contributed by atoms with Gasteiger partial charge in [-0.05, 0) is 12.5 Å². The number of fused-ring (bicyclic) bond motifs is 2. The van der Waals surface area contributed by atoms with Crippen LogP contribution in [0, 0.1) is 0 Å². The molecule has 0 aliphatic carbocycles. The SMILES string of the molecule is CC12CCC(CC(O)C1)[N+]2(C)CC(CO)c1ccccc1. The molecule has 0 spiro atoms.